The van der Waals surface area contributed by atoms with Crippen LogP contribution < -0.4 is 20.9 Å². The summed E-state index contributed by atoms with van der Waals surface area (Å²) in [5.41, 5.74) is 13.8. The highest BCUT2D eigenvalue weighted by atomic mass is 16.5. The molecule has 7 heteroatoms. The van der Waals surface area contributed by atoms with Gasteiger partial charge in [0.05, 0.1) is 20.5 Å². The van der Waals surface area contributed by atoms with Crippen molar-refractivity contribution in [3.63, 3.8) is 0 Å². The lowest BCUT2D eigenvalue weighted by Gasteiger charge is -2.12. The van der Waals surface area contributed by atoms with Crippen molar-refractivity contribution in [2.45, 2.75) is 6.42 Å². The third kappa shape index (κ3) is 2.26. The minimum atomic E-state index is 0.155. The van der Waals surface area contributed by atoms with Gasteiger partial charge in [0.25, 0.3) is 0 Å². The maximum Gasteiger partial charge on any atom is 0.221 e. The Labute approximate surface area is 126 Å². The molecule has 1 aromatic carbocycles. The molecular formula is C15H16N4O3. The summed E-state index contributed by atoms with van der Waals surface area (Å²) in [4.78, 5) is 7.97. The zero-order chi connectivity index (χ0) is 15.7. The molecule has 0 unspecified atom stereocenters. The minimum absolute atomic E-state index is 0.155. The van der Waals surface area contributed by atoms with Crippen molar-refractivity contribution in [3.8, 4) is 11.5 Å². The Bertz CT molecular complexity index is 829. The summed E-state index contributed by atoms with van der Waals surface area (Å²) in [6, 6.07) is 3.77. The average Bonchev–Trinajstić information content (AvgIpc) is 2.99. The molecule has 0 fully saturated rings. The Kier molecular flexibility index (Phi) is 3.46. The minimum Gasteiger partial charge on any atom is -0.493 e. The van der Waals surface area contributed by atoms with Gasteiger partial charge in [0.2, 0.25) is 11.7 Å². The predicted octanol–water partition coefficient (Wildman–Crippen LogP) is 2.00. The van der Waals surface area contributed by atoms with Gasteiger partial charge in [-0.15, -0.1) is 0 Å². The number of nitrogen functional groups attached to an aromatic ring is 2. The summed E-state index contributed by atoms with van der Waals surface area (Å²) < 4.78 is 16.3. The highest BCUT2D eigenvalue weighted by Crippen LogP contribution is 2.39. The number of nitrogens with two attached hydrogens (primary N) is 2. The molecule has 0 bridgehead atoms. The summed E-state index contributed by atoms with van der Waals surface area (Å²) in [5, 5.41) is 0.925. The Morgan fingerprint density at radius 1 is 1.18 bits per heavy atom. The molecule has 3 aromatic rings. The van der Waals surface area contributed by atoms with Gasteiger partial charge in [0.15, 0.2) is 11.3 Å². The molecule has 0 amide bonds. The lowest BCUT2D eigenvalue weighted by molar-refractivity contribution is 0.353. The number of fused-ring (bicyclic) bond motifs is 1. The molecule has 0 radical (unpaired) electrons. The van der Waals surface area contributed by atoms with Crippen molar-refractivity contribution >= 4 is 22.7 Å². The van der Waals surface area contributed by atoms with Crippen molar-refractivity contribution in [2.75, 3.05) is 25.7 Å². The highest BCUT2D eigenvalue weighted by Gasteiger charge is 2.17. The molecular weight excluding hydrogens is 284 g/mol. The molecule has 2 aromatic heterocycles. The van der Waals surface area contributed by atoms with Crippen molar-refractivity contribution in [1.82, 2.24) is 9.97 Å². The van der Waals surface area contributed by atoms with Crippen LogP contribution in [0, 0.1) is 0 Å². The van der Waals surface area contributed by atoms with Gasteiger partial charge in [-0.2, -0.15) is 4.98 Å². The molecule has 0 atom stereocenters. The summed E-state index contributed by atoms with van der Waals surface area (Å²) in [5.74, 6) is 1.67. The van der Waals surface area contributed by atoms with Gasteiger partial charge in [-0.05, 0) is 17.7 Å². The number of hydrogen-bond acceptors (Lipinski definition) is 7. The monoisotopic (exact) mass is 300 g/mol. The van der Waals surface area contributed by atoms with Gasteiger partial charge < -0.3 is 25.4 Å². The van der Waals surface area contributed by atoms with E-state index in [9.17, 15) is 0 Å². The number of benzene rings is 1. The van der Waals surface area contributed by atoms with Crippen LogP contribution in [0.25, 0.3) is 11.0 Å². The standard InChI is InChI=1S/C15H16N4O3/c1-20-11-6-8(5-9-7-18-15(17)19-14(9)16)10-3-4-22-12(10)13(11)21-2/h3-4,6-7H,5H2,1-2H3,(H4,16,17,18,19). The fourth-order valence-corrected chi connectivity index (χ4v) is 2.42. The van der Waals surface area contributed by atoms with Gasteiger partial charge in [-0.3, -0.25) is 0 Å². The van der Waals surface area contributed by atoms with E-state index in [4.69, 9.17) is 25.4 Å². The normalized spacial score (nSPS) is 10.8. The molecule has 0 aliphatic heterocycles. The van der Waals surface area contributed by atoms with Gasteiger partial charge in [0.1, 0.15) is 5.82 Å². The Balaban J connectivity index is 2.12. The first kappa shape index (κ1) is 14.0. The second-order valence-corrected chi connectivity index (χ2v) is 4.75. The fourth-order valence-electron chi connectivity index (χ4n) is 2.42. The number of nitrogens with zero attached hydrogens (tertiary/aromatic N) is 2. The van der Waals surface area contributed by atoms with Crippen LogP contribution in [0.2, 0.25) is 0 Å². The molecule has 0 aliphatic carbocycles. The van der Waals surface area contributed by atoms with Crippen molar-refractivity contribution in [2.24, 2.45) is 0 Å². The molecule has 7 nitrogen and oxygen atoms in total. The van der Waals surface area contributed by atoms with Gasteiger partial charge in [0, 0.05) is 23.6 Å². The molecule has 22 heavy (non-hydrogen) atoms. The van der Waals surface area contributed by atoms with Crippen molar-refractivity contribution in [1.29, 1.82) is 0 Å². The van der Waals surface area contributed by atoms with Crippen molar-refractivity contribution < 1.29 is 13.9 Å². The molecule has 3 rings (SSSR count). The number of furan rings is 1. The number of hydrogen-bond donors (Lipinski definition) is 2. The van der Waals surface area contributed by atoms with Crippen LogP contribution in [-0.4, -0.2) is 24.2 Å². The first-order valence-corrected chi connectivity index (χ1v) is 6.62. The second kappa shape index (κ2) is 5.44. The third-order valence-corrected chi connectivity index (χ3v) is 3.47. The van der Waals surface area contributed by atoms with E-state index in [1.165, 1.54) is 0 Å². The van der Waals surface area contributed by atoms with E-state index < -0.39 is 0 Å². The van der Waals surface area contributed by atoms with Crippen LogP contribution in [0.4, 0.5) is 11.8 Å². The summed E-state index contributed by atoms with van der Waals surface area (Å²) in [6.45, 7) is 0. The van der Waals surface area contributed by atoms with E-state index in [-0.39, 0.29) is 5.95 Å². The number of methoxy groups -OCH3 is 2. The lowest BCUT2D eigenvalue weighted by atomic mass is 10.0. The topological polar surface area (TPSA) is 109 Å². The molecule has 4 N–H and O–H groups in total. The van der Waals surface area contributed by atoms with Crippen LogP contribution in [-0.2, 0) is 6.42 Å². The van der Waals surface area contributed by atoms with E-state index in [2.05, 4.69) is 9.97 Å². The van der Waals surface area contributed by atoms with Gasteiger partial charge in [-0.1, -0.05) is 0 Å². The maximum atomic E-state index is 5.90. The average molecular weight is 300 g/mol. The van der Waals surface area contributed by atoms with E-state index in [0.29, 0.717) is 29.3 Å². The lowest BCUT2D eigenvalue weighted by Crippen LogP contribution is -2.04. The molecule has 0 saturated carbocycles. The SMILES string of the molecule is COc1cc(Cc2cnc(N)nc2N)c2ccoc2c1OC. The Hall–Kier alpha value is -2.96. The maximum absolute atomic E-state index is 5.90. The van der Waals surface area contributed by atoms with E-state index in [1.807, 2.05) is 12.1 Å². The van der Waals surface area contributed by atoms with Gasteiger partial charge in [-0.25, -0.2) is 4.98 Å². The van der Waals surface area contributed by atoms with E-state index in [1.54, 1.807) is 26.7 Å². The predicted molar refractivity (Wildman–Crippen MR) is 83.0 cm³/mol. The van der Waals surface area contributed by atoms with E-state index in [0.717, 1.165) is 16.5 Å². The quantitative estimate of drug-likeness (QED) is 0.758. The number of rotatable bonds is 4. The van der Waals surface area contributed by atoms with E-state index >= 15 is 0 Å². The zero-order valence-corrected chi connectivity index (χ0v) is 12.3. The van der Waals surface area contributed by atoms with Crippen LogP contribution >= 0.6 is 0 Å². The second-order valence-electron chi connectivity index (χ2n) is 4.75. The highest BCUT2D eigenvalue weighted by molar-refractivity contribution is 5.89. The number of anilines is 2. The van der Waals surface area contributed by atoms with Gasteiger partial charge >= 0.3 is 0 Å². The number of ether oxygens (including phenoxy) is 2. The third-order valence-electron chi connectivity index (χ3n) is 3.47. The molecule has 0 spiro atoms. The Morgan fingerprint density at radius 3 is 2.68 bits per heavy atom. The van der Waals surface area contributed by atoms with Crippen LogP contribution in [0.5, 0.6) is 11.5 Å². The first-order chi connectivity index (χ1) is 10.6. The molecule has 114 valence electrons. The Morgan fingerprint density at radius 2 is 2.00 bits per heavy atom. The number of aromatic nitrogens is 2. The summed E-state index contributed by atoms with van der Waals surface area (Å²) in [7, 11) is 3.16. The smallest absolute Gasteiger partial charge is 0.221 e. The summed E-state index contributed by atoms with van der Waals surface area (Å²) >= 11 is 0. The fraction of sp³-hybridized carbons (Fsp3) is 0.200. The largest absolute Gasteiger partial charge is 0.493 e. The molecule has 2 heterocycles. The molecule has 0 aliphatic rings. The van der Waals surface area contributed by atoms with Crippen molar-refractivity contribution in [3.05, 3.63) is 35.7 Å². The summed E-state index contributed by atoms with van der Waals surface area (Å²) in [6.07, 6.45) is 3.77. The van der Waals surface area contributed by atoms with Crippen LogP contribution in [0.3, 0.4) is 0 Å². The van der Waals surface area contributed by atoms with Crippen LogP contribution in [0.1, 0.15) is 11.1 Å². The van der Waals surface area contributed by atoms with Crippen LogP contribution in [0.15, 0.2) is 29.0 Å². The first-order valence-electron chi connectivity index (χ1n) is 6.62. The zero-order valence-electron chi connectivity index (χ0n) is 12.3. The molecule has 0 saturated heterocycles.